The molecule has 0 aliphatic heterocycles. The van der Waals surface area contributed by atoms with Gasteiger partial charge in [-0.15, -0.1) is 0 Å². The summed E-state index contributed by atoms with van der Waals surface area (Å²) in [7, 11) is 0. The van der Waals surface area contributed by atoms with Crippen LogP contribution in [0.15, 0.2) is 113 Å². The quantitative estimate of drug-likeness (QED) is 0.151. The number of carbonyl (C=O) groups is 1. The molecule has 1 N–H and O–H groups in total. The Morgan fingerprint density at radius 3 is 2.40 bits per heavy atom. The molecule has 6 nitrogen and oxygen atoms in total. The van der Waals surface area contributed by atoms with Crippen molar-refractivity contribution in [1.29, 1.82) is 0 Å². The van der Waals surface area contributed by atoms with E-state index >= 15 is 0 Å². The van der Waals surface area contributed by atoms with Crippen LogP contribution < -0.4 is 4.74 Å². The second-order valence-corrected chi connectivity index (χ2v) is 13.5. The van der Waals surface area contributed by atoms with Gasteiger partial charge in [0, 0.05) is 51.2 Å². The predicted molar refractivity (Wildman–Crippen MR) is 184 cm³/mol. The van der Waals surface area contributed by atoms with Crippen LogP contribution in [0.25, 0.3) is 22.2 Å². The highest BCUT2D eigenvalue weighted by Gasteiger charge is 2.32. The second-order valence-electron chi connectivity index (χ2n) is 12.4. The Kier molecular flexibility index (Phi) is 9.14. The molecular weight excluding hydrogens is 610 g/mol. The molecule has 0 saturated carbocycles. The van der Waals surface area contributed by atoms with Gasteiger partial charge in [-0.2, -0.15) is 0 Å². The molecule has 47 heavy (non-hydrogen) atoms. The van der Waals surface area contributed by atoms with Gasteiger partial charge in [0.1, 0.15) is 18.2 Å². The van der Waals surface area contributed by atoms with E-state index in [-0.39, 0.29) is 5.82 Å². The van der Waals surface area contributed by atoms with Crippen LogP contribution in [-0.4, -0.2) is 25.6 Å². The number of aromatic nitrogens is 3. The van der Waals surface area contributed by atoms with Gasteiger partial charge in [0.15, 0.2) is 0 Å². The van der Waals surface area contributed by atoms with E-state index in [1.165, 1.54) is 12.3 Å². The molecule has 0 bridgehead atoms. The van der Waals surface area contributed by atoms with Gasteiger partial charge in [0.05, 0.1) is 28.5 Å². The zero-order valence-corrected chi connectivity index (χ0v) is 27.6. The molecule has 0 aliphatic rings. The molecule has 6 rings (SSSR count). The third-order valence-corrected chi connectivity index (χ3v) is 9.52. The average Bonchev–Trinajstić information content (AvgIpc) is 3.33. The molecular formula is C39H36FN3O3S. The number of fused-ring (bicyclic) bond motifs is 1. The molecule has 3 aromatic heterocycles. The van der Waals surface area contributed by atoms with E-state index in [9.17, 15) is 14.3 Å². The first-order chi connectivity index (χ1) is 22.6. The Hall–Kier alpha value is -4.95. The van der Waals surface area contributed by atoms with E-state index in [1.54, 1.807) is 31.7 Å². The van der Waals surface area contributed by atoms with Gasteiger partial charge in [-0.25, -0.2) is 4.39 Å². The molecule has 238 valence electrons. The molecule has 0 aliphatic carbocycles. The van der Waals surface area contributed by atoms with Crippen molar-refractivity contribution in [3.05, 3.63) is 137 Å². The summed E-state index contributed by atoms with van der Waals surface area (Å²) in [5, 5.41) is 11.2. The monoisotopic (exact) mass is 645 g/mol. The van der Waals surface area contributed by atoms with E-state index in [1.807, 2.05) is 74.5 Å². The Labute approximate surface area is 278 Å². The smallest absolute Gasteiger partial charge is 0.309 e. The Morgan fingerprint density at radius 1 is 0.957 bits per heavy atom. The van der Waals surface area contributed by atoms with Crippen molar-refractivity contribution >= 4 is 28.6 Å². The number of hydrogen-bond acceptors (Lipinski definition) is 5. The number of aryl methyl sites for hydroxylation is 2. The summed E-state index contributed by atoms with van der Waals surface area (Å²) >= 11 is 1.61. The third-order valence-electron chi connectivity index (χ3n) is 8.36. The van der Waals surface area contributed by atoms with Crippen molar-refractivity contribution in [2.45, 2.75) is 57.1 Å². The van der Waals surface area contributed by atoms with Crippen molar-refractivity contribution in [1.82, 2.24) is 14.5 Å². The minimum atomic E-state index is -1.01. The van der Waals surface area contributed by atoms with E-state index in [4.69, 9.17) is 4.74 Å². The number of aliphatic carboxylic acids is 1. The van der Waals surface area contributed by atoms with Crippen molar-refractivity contribution in [3.8, 4) is 17.0 Å². The van der Waals surface area contributed by atoms with Crippen LogP contribution in [0.1, 0.15) is 42.1 Å². The van der Waals surface area contributed by atoms with Crippen molar-refractivity contribution in [3.63, 3.8) is 0 Å². The van der Waals surface area contributed by atoms with Crippen LogP contribution in [0.3, 0.4) is 0 Å². The van der Waals surface area contributed by atoms with Crippen LogP contribution in [0, 0.1) is 25.1 Å². The van der Waals surface area contributed by atoms with Gasteiger partial charge < -0.3 is 14.4 Å². The fourth-order valence-electron chi connectivity index (χ4n) is 5.45. The lowest BCUT2D eigenvalue weighted by atomic mass is 9.88. The van der Waals surface area contributed by atoms with E-state index in [0.717, 1.165) is 54.5 Å². The minimum absolute atomic E-state index is 0.326. The van der Waals surface area contributed by atoms with Gasteiger partial charge in [-0.1, -0.05) is 60.3 Å². The Balaban J connectivity index is 1.43. The van der Waals surface area contributed by atoms with Crippen molar-refractivity contribution in [2.75, 3.05) is 0 Å². The summed E-state index contributed by atoms with van der Waals surface area (Å²) in [6, 6.07) is 31.3. The number of rotatable bonds is 11. The summed E-state index contributed by atoms with van der Waals surface area (Å²) in [4.78, 5) is 23.3. The molecule has 8 heteroatoms. The first kappa shape index (κ1) is 32.0. The number of benzene rings is 3. The van der Waals surface area contributed by atoms with Crippen LogP contribution in [0.2, 0.25) is 0 Å². The number of carboxylic acid groups (broad SMARTS) is 1. The first-order valence-corrected chi connectivity index (χ1v) is 16.3. The number of carboxylic acids is 1. The normalized spacial score (nSPS) is 11.6. The maximum absolute atomic E-state index is 13.4. The van der Waals surface area contributed by atoms with Gasteiger partial charge in [-0.05, 0) is 81.3 Å². The number of nitrogens with zero attached hydrogens (tertiary/aromatic N) is 3. The van der Waals surface area contributed by atoms with Gasteiger partial charge >= 0.3 is 5.97 Å². The lowest BCUT2D eigenvalue weighted by Crippen LogP contribution is -2.27. The van der Waals surface area contributed by atoms with Gasteiger partial charge in [0.2, 0.25) is 0 Å². The van der Waals surface area contributed by atoms with Gasteiger partial charge in [0.25, 0.3) is 0 Å². The lowest BCUT2D eigenvalue weighted by molar-refractivity contribution is -0.146. The van der Waals surface area contributed by atoms with E-state index < -0.39 is 11.4 Å². The molecule has 0 amide bonds. The maximum Gasteiger partial charge on any atom is 0.309 e. The highest BCUT2D eigenvalue weighted by atomic mass is 32.2. The third kappa shape index (κ3) is 7.23. The second kappa shape index (κ2) is 13.4. The van der Waals surface area contributed by atoms with E-state index in [0.29, 0.717) is 31.0 Å². The Morgan fingerprint density at radius 2 is 1.72 bits per heavy atom. The number of hydrogen-bond donors (Lipinski definition) is 1. The van der Waals surface area contributed by atoms with Crippen molar-refractivity contribution < 1.29 is 19.0 Å². The molecule has 3 aromatic carbocycles. The van der Waals surface area contributed by atoms with Crippen molar-refractivity contribution in [2.24, 2.45) is 5.41 Å². The number of halogens is 1. The Bertz CT molecular complexity index is 2040. The lowest BCUT2D eigenvalue weighted by Gasteiger charge is -2.22. The molecule has 0 unspecified atom stereocenters. The molecule has 0 fully saturated rings. The van der Waals surface area contributed by atoms with E-state index in [2.05, 4.69) is 38.8 Å². The largest absolute Gasteiger partial charge is 0.487 e. The maximum atomic E-state index is 13.4. The fourth-order valence-corrected chi connectivity index (χ4v) is 6.54. The standard InChI is InChI=1S/C39H36FN3O3S/c1-25-10-14-30(42-26(25)2)24-46-31-15-18-33-35(20-31)43(23-27-8-6-5-7-9-27)36(21-39(3,4)38(44)45)37(33)47-32-16-11-28(12-17-32)34-19-13-29(40)22-41-34/h5-20,22H,21,23-24H2,1-4H3,(H,44,45). The number of ether oxygens (including phenoxy) is 1. The highest BCUT2D eigenvalue weighted by molar-refractivity contribution is 7.99. The predicted octanol–water partition coefficient (Wildman–Crippen LogP) is 9.29. The molecule has 0 radical (unpaired) electrons. The van der Waals surface area contributed by atoms with Crippen LogP contribution >= 0.6 is 11.8 Å². The highest BCUT2D eigenvalue weighted by Crippen LogP contribution is 2.43. The fraction of sp³-hybridized carbons (Fsp3) is 0.205. The summed E-state index contributed by atoms with van der Waals surface area (Å²) in [6.45, 7) is 8.47. The van der Waals surface area contributed by atoms with Crippen LogP contribution in [-0.2, 0) is 24.4 Å². The number of pyridine rings is 2. The zero-order chi connectivity index (χ0) is 33.1. The minimum Gasteiger partial charge on any atom is -0.487 e. The summed E-state index contributed by atoms with van der Waals surface area (Å²) in [5.41, 5.74) is 6.55. The summed E-state index contributed by atoms with van der Waals surface area (Å²) in [5.74, 6) is -0.521. The van der Waals surface area contributed by atoms with Crippen LogP contribution in [0.4, 0.5) is 4.39 Å². The molecule has 0 atom stereocenters. The summed E-state index contributed by atoms with van der Waals surface area (Å²) < 4.78 is 21.9. The topological polar surface area (TPSA) is 77.2 Å². The SMILES string of the molecule is Cc1ccc(COc2ccc3c(Sc4ccc(-c5ccc(F)cn5)cc4)c(CC(C)(C)C(=O)O)n(Cc4ccccc4)c3c2)nc1C. The van der Waals surface area contributed by atoms with Gasteiger partial charge in [-0.3, -0.25) is 14.8 Å². The first-order valence-electron chi connectivity index (χ1n) is 15.5. The molecule has 3 heterocycles. The molecule has 0 spiro atoms. The molecule has 0 saturated heterocycles. The summed E-state index contributed by atoms with van der Waals surface area (Å²) in [6.07, 6.45) is 1.54. The zero-order valence-electron chi connectivity index (χ0n) is 26.8. The average molecular weight is 646 g/mol. The van der Waals surface area contributed by atoms with Crippen LogP contribution in [0.5, 0.6) is 5.75 Å². The molecule has 6 aromatic rings.